The van der Waals surface area contributed by atoms with Crippen LogP contribution in [0.2, 0.25) is 0 Å². The fourth-order valence-electron chi connectivity index (χ4n) is 2.35. The molecule has 2 aliphatic heterocycles. The number of hydrogen-bond acceptors (Lipinski definition) is 4. The van der Waals surface area contributed by atoms with Crippen molar-refractivity contribution < 1.29 is 19.1 Å². The molecule has 0 N–H and O–H groups in total. The average molecular weight is 253 g/mol. The molecule has 2 rings (SSSR count). The van der Waals surface area contributed by atoms with E-state index in [0.717, 1.165) is 17.7 Å². The first-order valence-corrected chi connectivity index (χ1v) is 6.28. The van der Waals surface area contributed by atoms with Gasteiger partial charge in [0, 0.05) is 6.61 Å². The van der Waals surface area contributed by atoms with Gasteiger partial charge in [0.2, 0.25) is 0 Å². The maximum absolute atomic E-state index is 11.8. The van der Waals surface area contributed by atoms with Crippen LogP contribution in [0.1, 0.15) is 26.7 Å². The molecule has 18 heavy (non-hydrogen) atoms. The number of imide groups is 1. The Morgan fingerprint density at radius 2 is 2.22 bits per heavy atom. The summed E-state index contributed by atoms with van der Waals surface area (Å²) >= 11 is 0. The number of hydrogen-bond donors (Lipinski definition) is 0. The predicted octanol–water partition coefficient (Wildman–Crippen LogP) is 1.73. The zero-order valence-electron chi connectivity index (χ0n) is 10.8. The van der Waals surface area contributed by atoms with Gasteiger partial charge in [-0.05, 0) is 38.7 Å². The van der Waals surface area contributed by atoms with Crippen LogP contribution in [0.5, 0.6) is 0 Å². The summed E-state index contributed by atoms with van der Waals surface area (Å²) in [5.41, 5.74) is -0.136. The number of cyclic esters (lactones) is 1. The fourth-order valence-corrected chi connectivity index (χ4v) is 2.35. The van der Waals surface area contributed by atoms with Crippen LogP contribution in [0.4, 0.5) is 4.79 Å². The first-order valence-electron chi connectivity index (χ1n) is 6.28. The van der Waals surface area contributed by atoms with Gasteiger partial charge in [-0.15, -0.1) is 0 Å². The third-order valence-corrected chi connectivity index (χ3v) is 3.27. The van der Waals surface area contributed by atoms with E-state index in [9.17, 15) is 9.59 Å². The van der Waals surface area contributed by atoms with Gasteiger partial charge < -0.3 is 9.47 Å². The van der Waals surface area contributed by atoms with Crippen molar-refractivity contribution in [1.29, 1.82) is 0 Å². The summed E-state index contributed by atoms with van der Waals surface area (Å²) in [6.07, 6.45) is 4.63. The van der Waals surface area contributed by atoms with Crippen molar-refractivity contribution in [2.24, 2.45) is 5.92 Å². The highest BCUT2D eigenvalue weighted by molar-refractivity contribution is 5.99. The Labute approximate surface area is 107 Å². The lowest BCUT2D eigenvalue weighted by Gasteiger charge is -2.34. The lowest BCUT2D eigenvalue weighted by molar-refractivity contribution is -0.122. The van der Waals surface area contributed by atoms with Crippen molar-refractivity contribution in [2.45, 2.75) is 32.3 Å². The number of carbonyl (C=O) groups excluding carboxylic acids is 2. The summed E-state index contributed by atoms with van der Waals surface area (Å²) in [4.78, 5) is 24.1. The Kier molecular flexibility index (Phi) is 3.71. The molecule has 0 spiro atoms. The molecule has 5 nitrogen and oxygen atoms in total. The zero-order valence-corrected chi connectivity index (χ0v) is 10.8. The SMILES string of the molecule is CC1(C)CC(/C=C/C(=O)N2CCOC2=O)CCO1. The highest BCUT2D eigenvalue weighted by Crippen LogP contribution is 2.29. The number of rotatable bonds is 2. The van der Waals surface area contributed by atoms with Gasteiger partial charge in [0.05, 0.1) is 12.1 Å². The number of nitrogens with zero attached hydrogens (tertiary/aromatic N) is 1. The van der Waals surface area contributed by atoms with Gasteiger partial charge >= 0.3 is 6.09 Å². The van der Waals surface area contributed by atoms with Crippen molar-refractivity contribution in [3.8, 4) is 0 Å². The molecule has 0 radical (unpaired) electrons. The quantitative estimate of drug-likeness (QED) is 0.703. The number of allylic oxidation sites excluding steroid dienone is 1. The van der Waals surface area contributed by atoms with Crippen LogP contribution in [0.15, 0.2) is 12.2 Å². The Morgan fingerprint density at radius 1 is 1.44 bits per heavy atom. The highest BCUT2D eigenvalue weighted by Gasteiger charge is 2.29. The van der Waals surface area contributed by atoms with Crippen molar-refractivity contribution in [3.05, 3.63) is 12.2 Å². The van der Waals surface area contributed by atoms with Gasteiger partial charge in [0.1, 0.15) is 6.61 Å². The summed E-state index contributed by atoms with van der Waals surface area (Å²) in [6.45, 7) is 5.45. The molecule has 1 unspecified atom stereocenters. The number of ether oxygens (including phenoxy) is 2. The molecule has 0 bridgehead atoms. The van der Waals surface area contributed by atoms with Crippen LogP contribution in [-0.2, 0) is 14.3 Å². The van der Waals surface area contributed by atoms with Crippen LogP contribution < -0.4 is 0 Å². The summed E-state index contributed by atoms with van der Waals surface area (Å²) < 4.78 is 10.3. The van der Waals surface area contributed by atoms with E-state index in [0.29, 0.717) is 25.7 Å². The Bertz CT molecular complexity index is 375. The van der Waals surface area contributed by atoms with E-state index in [-0.39, 0.29) is 11.5 Å². The molecule has 2 heterocycles. The van der Waals surface area contributed by atoms with Crippen molar-refractivity contribution in [2.75, 3.05) is 19.8 Å². The molecular weight excluding hydrogens is 234 g/mol. The first kappa shape index (κ1) is 13.1. The second-order valence-corrected chi connectivity index (χ2v) is 5.32. The molecule has 0 aromatic carbocycles. The summed E-state index contributed by atoms with van der Waals surface area (Å²) in [6, 6.07) is 0. The summed E-state index contributed by atoms with van der Waals surface area (Å²) in [5.74, 6) is 0.0399. The zero-order chi connectivity index (χ0) is 13.2. The predicted molar refractivity (Wildman–Crippen MR) is 65.0 cm³/mol. The molecule has 5 heteroatoms. The van der Waals surface area contributed by atoms with Gasteiger partial charge in [0.25, 0.3) is 5.91 Å². The van der Waals surface area contributed by atoms with E-state index >= 15 is 0 Å². The minimum absolute atomic E-state index is 0.136. The van der Waals surface area contributed by atoms with E-state index in [2.05, 4.69) is 0 Å². The highest BCUT2D eigenvalue weighted by atomic mass is 16.6. The molecule has 2 fully saturated rings. The van der Waals surface area contributed by atoms with E-state index in [1.165, 1.54) is 6.08 Å². The molecule has 2 amide bonds. The average Bonchev–Trinajstić information content (AvgIpc) is 2.71. The first-order chi connectivity index (χ1) is 8.48. The van der Waals surface area contributed by atoms with E-state index < -0.39 is 6.09 Å². The molecule has 2 saturated heterocycles. The maximum Gasteiger partial charge on any atom is 0.416 e. The molecule has 2 aliphatic rings. The monoisotopic (exact) mass is 253 g/mol. The minimum Gasteiger partial charge on any atom is -0.447 e. The molecular formula is C13H19NO4. The Balaban J connectivity index is 1.90. The molecule has 0 saturated carbocycles. The van der Waals surface area contributed by atoms with Crippen molar-refractivity contribution in [3.63, 3.8) is 0 Å². The Morgan fingerprint density at radius 3 is 2.83 bits per heavy atom. The van der Waals surface area contributed by atoms with Gasteiger partial charge in [0.15, 0.2) is 0 Å². The third kappa shape index (κ3) is 3.10. The largest absolute Gasteiger partial charge is 0.447 e. The number of amides is 2. The topological polar surface area (TPSA) is 55.8 Å². The van der Waals surface area contributed by atoms with E-state index in [4.69, 9.17) is 9.47 Å². The van der Waals surface area contributed by atoms with Crippen LogP contribution in [0.25, 0.3) is 0 Å². The normalized spacial score (nSPS) is 27.6. The summed E-state index contributed by atoms with van der Waals surface area (Å²) in [7, 11) is 0. The van der Waals surface area contributed by atoms with Crippen molar-refractivity contribution in [1.82, 2.24) is 4.90 Å². The Hall–Kier alpha value is -1.36. The lowest BCUT2D eigenvalue weighted by Crippen LogP contribution is -2.34. The third-order valence-electron chi connectivity index (χ3n) is 3.27. The fraction of sp³-hybridized carbons (Fsp3) is 0.692. The van der Waals surface area contributed by atoms with Gasteiger partial charge in [-0.1, -0.05) is 6.08 Å². The number of carbonyl (C=O) groups is 2. The van der Waals surface area contributed by atoms with E-state index in [1.54, 1.807) is 0 Å². The van der Waals surface area contributed by atoms with E-state index in [1.807, 2.05) is 19.9 Å². The molecule has 0 aliphatic carbocycles. The standard InChI is InChI=1S/C13H19NO4/c1-13(2)9-10(5-7-18-13)3-4-11(15)14-6-8-17-12(14)16/h3-4,10H,5-9H2,1-2H3/b4-3+. The van der Waals surface area contributed by atoms with Crippen molar-refractivity contribution >= 4 is 12.0 Å². The second-order valence-electron chi connectivity index (χ2n) is 5.32. The summed E-state index contributed by atoms with van der Waals surface area (Å²) in [5, 5.41) is 0. The smallest absolute Gasteiger partial charge is 0.416 e. The van der Waals surface area contributed by atoms with Gasteiger partial charge in [-0.2, -0.15) is 0 Å². The lowest BCUT2D eigenvalue weighted by atomic mass is 9.88. The van der Waals surface area contributed by atoms with Crippen LogP contribution in [0.3, 0.4) is 0 Å². The molecule has 1 atom stereocenters. The van der Waals surface area contributed by atoms with Crippen LogP contribution in [0, 0.1) is 5.92 Å². The minimum atomic E-state index is -0.544. The maximum atomic E-state index is 11.8. The molecule has 100 valence electrons. The van der Waals surface area contributed by atoms with Crippen LogP contribution >= 0.6 is 0 Å². The van der Waals surface area contributed by atoms with Crippen LogP contribution in [-0.4, -0.2) is 42.3 Å². The molecule has 0 aromatic heterocycles. The van der Waals surface area contributed by atoms with Gasteiger partial charge in [-0.3, -0.25) is 4.79 Å². The second kappa shape index (κ2) is 5.10. The molecule has 0 aromatic rings. The van der Waals surface area contributed by atoms with Gasteiger partial charge in [-0.25, -0.2) is 9.69 Å².